The maximum absolute atomic E-state index is 9.34. The second-order valence-electron chi connectivity index (χ2n) is 10.00. The van der Waals surface area contributed by atoms with E-state index < -0.39 is 0 Å². The van der Waals surface area contributed by atoms with Gasteiger partial charge in [0.15, 0.2) is 17.5 Å². The summed E-state index contributed by atoms with van der Waals surface area (Å²) >= 11 is 0. The third kappa shape index (κ3) is 4.65. The third-order valence-corrected chi connectivity index (χ3v) is 7.25. The first-order chi connectivity index (χ1) is 23.8. The molecule has 43 heavy (non-hydrogen) atoms. The molecule has 8 rings (SSSR count). The smallest absolute Gasteiger partial charge is 0.164 e. The van der Waals surface area contributed by atoms with Crippen LogP contribution in [0, 0.1) is 0 Å². The van der Waals surface area contributed by atoms with Crippen molar-refractivity contribution in [2.24, 2.45) is 0 Å². The summed E-state index contributed by atoms with van der Waals surface area (Å²) in [6.45, 7) is 0. The summed E-state index contributed by atoms with van der Waals surface area (Å²) in [4.78, 5) is 14.1. The number of aromatic nitrogens is 3. The van der Waals surface area contributed by atoms with Gasteiger partial charge in [0.25, 0.3) is 0 Å². The van der Waals surface area contributed by atoms with Gasteiger partial charge in [-0.1, -0.05) is 127 Å². The molecule has 0 aliphatic rings. The SMILES string of the molecule is [2H]c1c([2H])c(-c2cccc(-c3ccccc3)c2)c2c(oc3c([2H])c(-c4nc(-c5ccccc5)nc(-c5ccccc5)n4)c([2H])c([2H])c32)c1[2H]. The van der Waals surface area contributed by atoms with Gasteiger partial charge >= 0.3 is 0 Å². The zero-order valence-electron chi connectivity index (χ0n) is 28.7. The minimum Gasteiger partial charge on any atom is -0.456 e. The molecule has 0 N–H and O–H groups in total. The molecule has 8 aromatic rings. The van der Waals surface area contributed by atoms with Crippen LogP contribution in [0.3, 0.4) is 0 Å². The highest BCUT2D eigenvalue weighted by Crippen LogP contribution is 2.39. The first kappa shape index (κ1) is 19.3. The van der Waals surface area contributed by atoms with Crippen LogP contribution in [0.4, 0.5) is 0 Å². The third-order valence-electron chi connectivity index (χ3n) is 7.25. The van der Waals surface area contributed by atoms with Crippen LogP contribution in [0.25, 0.3) is 78.4 Å². The second kappa shape index (κ2) is 10.5. The predicted octanol–water partition coefficient (Wildman–Crippen LogP) is 10.1. The van der Waals surface area contributed by atoms with Gasteiger partial charge in [-0.2, -0.15) is 0 Å². The Kier molecular flexibility index (Phi) is 4.71. The van der Waals surface area contributed by atoms with Crippen molar-refractivity contribution < 1.29 is 12.6 Å². The van der Waals surface area contributed by atoms with E-state index >= 15 is 0 Å². The van der Waals surface area contributed by atoms with Gasteiger partial charge < -0.3 is 4.42 Å². The number of rotatable bonds is 5. The van der Waals surface area contributed by atoms with Crippen molar-refractivity contribution in [3.8, 4) is 56.4 Å². The normalized spacial score (nSPS) is 13.2. The van der Waals surface area contributed by atoms with Crippen LogP contribution in [-0.4, -0.2) is 15.0 Å². The van der Waals surface area contributed by atoms with E-state index in [1.54, 1.807) is 0 Å². The standard InChI is InChI=1S/C39H25N3O/c1-4-12-26(13-5-1)29-18-10-19-30(24-29)32-20-11-21-34-36(32)33-23-22-31(25-35(33)43-34)39-41-37(27-14-6-2-7-15-27)40-38(42-39)28-16-8-3-9-17-28/h1-25H/i11D,20D,21D,22D,23D,25D. The molecular weight excluding hydrogens is 526 g/mol. The summed E-state index contributed by atoms with van der Waals surface area (Å²) in [6.07, 6.45) is 0. The van der Waals surface area contributed by atoms with Crippen molar-refractivity contribution in [3.63, 3.8) is 0 Å². The van der Waals surface area contributed by atoms with Gasteiger partial charge in [0.1, 0.15) is 11.2 Å². The van der Waals surface area contributed by atoms with Crippen molar-refractivity contribution in [1.82, 2.24) is 15.0 Å². The van der Waals surface area contributed by atoms with E-state index in [4.69, 9.17) is 13.5 Å². The molecule has 0 spiro atoms. The van der Waals surface area contributed by atoms with E-state index in [2.05, 4.69) is 9.97 Å². The Bertz CT molecular complexity index is 2500. The van der Waals surface area contributed by atoms with E-state index in [0.29, 0.717) is 33.9 Å². The van der Waals surface area contributed by atoms with E-state index in [0.717, 1.165) is 11.1 Å². The van der Waals surface area contributed by atoms with Crippen LogP contribution < -0.4 is 0 Å². The maximum atomic E-state index is 9.34. The molecule has 0 fully saturated rings. The highest BCUT2D eigenvalue weighted by molar-refractivity contribution is 6.13. The second-order valence-corrected chi connectivity index (χ2v) is 10.00. The van der Waals surface area contributed by atoms with Crippen LogP contribution in [0.15, 0.2) is 156 Å². The number of benzene rings is 6. The molecular formula is C39H25N3O. The van der Waals surface area contributed by atoms with Gasteiger partial charge in [-0.3, -0.25) is 0 Å². The summed E-state index contributed by atoms with van der Waals surface area (Å²) in [7, 11) is 0. The number of fused-ring (bicyclic) bond motifs is 3. The summed E-state index contributed by atoms with van der Waals surface area (Å²) in [5.41, 5.74) is 4.06. The zero-order chi connectivity index (χ0) is 33.8. The van der Waals surface area contributed by atoms with Gasteiger partial charge in [-0.15, -0.1) is 0 Å². The zero-order valence-corrected chi connectivity index (χ0v) is 22.7. The summed E-state index contributed by atoms with van der Waals surface area (Å²) in [5.74, 6) is 0.709. The Morgan fingerprint density at radius 2 is 1.02 bits per heavy atom. The summed E-state index contributed by atoms with van der Waals surface area (Å²) in [6, 6.07) is 34.2. The Balaban J connectivity index is 1.42. The van der Waals surface area contributed by atoms with Crippen LogP contribution in [0.1, 0.15) is 8.22 Å². The Morgan fingerprint density at radius 1 is 0.465 bits per heavy atom. The quantitative estimate of drug-likeness (QED) is 0.211. The lowest BCUT2D eigenvalue weighted by atomic mass is 9.96. The van der Waals surface area contributed by atoms with Crippen molar-refractivity contribution in [1.29, 1.82) is 0 Å². The van der Waals surface area contributed by atoms with Crippen molar-refractivity contribution >= 4 is 21.9 Å². The van der Waals surface area contributed by atoms with Crippen LogP contribution >= 0.6 is 0 Å². The molecule has 0 unspecified atom stereocenters. The van der Waals surface area contributed by atoms with Crippen LogP contribution in [-0.2, 0) is 0 Å². The average molecular weight is 558 g/mol. The number of hydrogen-bond donors (Lipinski definition) is 0. The first-order valence-corrected chi connectivity index (χ1v) is 13.8. The predicted molar refractivity (Wildman–Crippen MR) is 174 cm³/mol. The molecule has 0 radical (unpaired) electrons. The Hall–Kier alpha value is -5.87. The maximum Gasteiger partial charge on any atom is 0.164 e. The fraction of sp³-hybridized carbons (Fsp3) is 0. The Morgan fingerprint density at radius 3 is 1.67 bits per heavy atom. The molecule has 2 aromatic heterocycles. The van der Waals surface area contributed by atoms with Crippen LogP contribution in [0.5, 0.6) is 0 Å². The summed E-state index contributed by atoms with van der Waals surface area (Å²) in [5, 5.41) is 0.367. The highest BCUT2D eigenvalue weighted by atomic mass is 16.3. The highest BCUT2D eigenvalue weighted by Gasteiger charge is 2.16. The van der Waals surface area contributed by atoms with Crippen molar-refractivity contribution in [2.45, 2.75) is 0 Å². The topological polar surface area (TPSA) is 51.8 Å². The first-order valence-electron chi connectivity index (χ1n) is 16.8. The fourth-order valence-corrected chi connectivity index (χ4v) is 5.18. The van der Waals surface area contributed by atoms with E-state index in [9.17, 15) is 4.11 Å². The van der Waals surface area contributed by atoms with Gasteiger partial charge in [0, 0.05) is 27.5 Å². The molecule has 0 bridgehead atoms. The molecule has 2 heterocycles. The molecule has 0 atom stereocenters. The van der Waals surface area contributed by atoms with Gasteiger partial charge in [-0.25, -0.2) is 15.0 Å². The average Bonchev–Trinajstić information content (AvgIpc) is 3.55. The summed E-state index contributed by atoms with van der Waals surface area (Å²) < 4.78 is 60.4. The van der Waals surface area contributed by atoms with Crippen LogP contribution in [0.2, 0.25) is 0 Å². The molecule has 6 aromatic carbocycles. The van der Waals surface area contributed by atoms with Gasteiger partial charge in [-0.05, 0) is 46.4 Å². The number of nitrogens with zero attached hydrogens (tertiary/aromatic N) is 3. The fourth-order valence-electron chi connectivity index (χ4n) is 5.18. The Labute approximate surface area is 257 Å². The molecule has 0 aliphatic carbocycles. The molecule has 0 saturated heterocycles. The van der Waals surface area contributed by atoms with Crippen molar-refractivity contribution in [2.75, 3.05) is 0 Å². The van der Waals surface area contributed by atoms with E-state index in [-0.39, 0.29) is 69.6 Å². The minimum atomic E-state index is -0.339. The molecule has 0 aliphatic heterocycles. The lowest BCUT2D eigenvalue weighted by Gasteiger charge is -2.09. The monoisotopic (exact) mass is 557 g/mol. The molecule has 0 amide bonds. The molecule has 202 valence electrons. The lowest BCUT2D eigenvalue weighted by molar-refractivity contribution is 0.669. The van der Waals surface area contributed by atoms with E-state index in [1.165, 1.54) is 0 Å². The minimum absolute atomic E-state index is 0.0235. The van der Waals surface area contributed by atoms with E-state index in [1.807, 2.05) is 115 Å². The van der Waals surface area contributed by atoms with Crippen molar-refractivity contribution in [3.05, 3.63) is 152 Å². The largest absolute Gasteiger partial charge is 0.456 e. The van der Waals surface area contributed by atoms with Gasteiger partial charge in [0.2, 0.25) is 0 Å². The molecule has 0 saturated carbocycles. The number of furan rings is 1. The molecule has 4 nitrogen and oxygen atoms in total. The van der Waals surface area contributed by atoms with Gasteiger partial charge in [0.05, 0.1) is 8.22 Å². The molecule has 4 heteroatoms. The lowest BCUT2D eigenvalue weighted by Crippen LogP contribution is -2.00. The number of hydrogen-bond acceptors (Lipinski definition) is 4.